The lowest BCUT2D eigenvalue weighted by Gasteiger charge is -2.30. The molecule has 8 heteroatoms. The second-order valence-electron chi connectivity index (χ2n) is 8.17. The second kappa shape index (κ2) is 7.85. The molecule has 0 bridgehead atoms. The zero-order chi connectivity index (χ0) is 20.4. The van der Waals surface area contributed by atoms with Crippen LogP contribution in [0.15, 0.2) is 30.3 Å². The van der Waals surface area contributed by atoms with E-state index in [-0.39, 0.29) is 18.2 Å². The molecule has 8 nitrogen and oxygen atoms in total. The molecular weight excluding hydrogens is 372 g/mol. The summed E-state index contributed by atoms with van der Waals surface area (Å²) in [6, 6.07) is 9.27. The van der Waals surface area contributed by atoms with E-state index in [4.69, 9.17) is 0 Å². The van der Waals surface area contributed by atoms with Crippen LogP contribution >= 0.6 is 0 Å². The average Bonchev–Trinajstić information content (AvgIpc) is 3.21. The van der Waals surface area contributed by atoms with E-state index in [2.05, 4.69) is 10.7 Å². The first-order valence-electron chi connectivity index (χ1n) is 10.3. The van der Waals surface area contributed by atoms with Gasteiger partial charge in [0.2, 0.25) is 11.8 Å². The summed E-state index contributed by atoms with van der Waals surface area (Å²) in [5.74, 6) is -1.50. The molecule has 1 aliphatic carbocycles. The molecule has 0 unspecified atom stereocenters. The number of imide groups is 1. The van der Waals surface area contributed by atoms with E-state index >= 15 is 0 Å². The Morgan fingerprint density at radius 2 is 1.83 bits per heavy atom. The molecule has 5 amide bonds. The van der Waals surface area contributed by atoms with E-state index in [0.717, 1.165) is 36.3 Å². The summed E-state index contributed by atoms with van der Waals surface area (Å²) < 4.78 is 0. The van der Waals surface area contributed by atoms with Crippen molar-refractivity contribution in [1.82, 2.24) is 20.7 Å². The smallest absolute Gasteiger partial charge is 0.342 e. The lowest BCUT2D eigenvalue weighted by molar-refractivity contribution is -0.141. The van der Waals surface area contributed by atoms with Crippen molar-refractivity contribution in [3.8, 4) is 0 Å². The number of amides is 5. The van der Waals surface area contributed by atoms with Gasteiger partial charge >= 0.3 is 6.03 Å². The number of nitrogens with zero attached hydrogens (tertiary/aromatic N) is 2. The summed E-state index contributed by atoms with van der Waals surface area (Å²) in [4.78, 5) is 51.7. The number of rotatable bonds is 5. The molecule has 2 N–H and O–H groups in total. The van der Waals surface area contributed by atoms with Gasteiger partial charge in [0.05, 0.1) is 5.92 Å². The Balaban J connectivity index is 1.33. The van der Waals surface area contributed by atoms with Crippen LogP contribution < -0.4 is 10.7 Å². The molecule has 1 spiro atoms. The van der Waals surface area contributed by atoms with E-state index in [1.165, 1.54) is 0 Å². The summed E-state index contributed by atoms with van der Waals surface area (Å²) >= 11 is 0. The fourth-order valence-corrected chi connectivity index (χ4v) is 4.49. The van der Waals surface area contributed by atoms with Gasteiger partial charge in [-0.3, -0.25) is 19.8 Å². The van der Waals surface area contributed by atoms with Crippen molar-refractivity contribution in [1.29, 1.82) is 0 Å². The third-order valence-corrected chi connectivity index (χ3v) is 6.19. The molecule has 29 heavy (non-hydrogen) atoms. The summed E-state index contributed by atoms with van der Waals surface area (Å²) in [6.07, 6.45) is 4.80. The highest BCUT2D eigenvalue weighted by atomic mass is 16.2. The Kier molecular flexibility index (Phi) is 5.25. The van der Waals surface area contributed by atoms with Gasteiger partial charge in [-0.1, -0.05) is 49.6 Å². The topological polar surface area (TPSA) is 98.8 Å². The molecule has 0 radical (unpaired) electrons. The van der Waals surface area contributed by atoms with Crippen LogP contribution in [0.3, 0.4) is 0 Å². The summed E-state index contributed by atoms with van der Waals surface area (Å²) in [5, 5.41) is 3.58. The lowest BCUT2D eigenvalue weighted by Crippen LogP contribution is -2.52. The van der Waals surface area contributed by atoms with E-state index < -0.39 is 23.4 Å². The highest BCUT2D eigenvalue weighted by Gasteiger charge is 2.52. The van der Waals surface area contributed by atoms with Crippen LogP contribution in [0, 0.1) is 5.92 Å². The first-order chi connectivity index (χ1) is 14.0. The summed E-state index contributed by atoms with van der Waals surface area (Å²) in [6.45, 7) is 0.838. The largest absolute Gasteiger partial charge is 0.344 e. The predicted octanol–water partition coefficient (Wildman–Crippen LogP) is 1.36. The number of nitrogens with one attached hydrogen (secondary N) is 2. The maximum atomic E-state index is 12.8. The third-order valence-electron chi connectivity index (χ3n) is 6.19. The maximum absolute atomic E-state index is 12.8. The van der Waals surface area contributed by atoms with Crippen molar-refractivity contribution in [2.24, 2.45) is 5.92 Å². The molecule has 154 valence electrons. The number of hydrazine groups is 1. The standard InChI is InChI=1S/C21H26N4O4/c26-17-13-16(14-24(17)12-9-15-7-3-1-4-8-15)18(27)23-25-19(28)21(22-20(25)29)10-5-2-6-11-21/h1,3-4,7-8,16H,2,5-6,9-14H2,(H,22,29)(H,23,27)/t16-/m0/s1. The molecule has 2 aliphatic heterocycles. The van der Waals surface area contributed by atoms with Crippen molar-refractivity contribution in [2.75, 3.05) is 13.1 Å². The molecule has 4 rings (SSSR count). The van der Waals surface area contributed by atoms with Gasteiger partial charge in [0.15, 0.2) is 0 Å². The van der Waals surface area contributed by atoms with Crippen molar-refractivity contribution in [3.05, 3.63) is 35.9 Å². The Bertz CT molecular complexity index is 819. The molecule has 3 aliphatic rings. The molecule has 1 atom stereocenters. The molecule has 2 heterocycles. The minimum Gasteiger partial charge on any atom is -0.342 e. The molecule has 1 aromatic carbocycles. The molecule has 3 fully saturated rings. The molecule has 0 aromatic heterocycles. The van der Waals surface area contributed by atoms with Crippen LogP contribution in [0.5, 0.6) is 0 Å². The molecule has 2 saturated heterocycles. The number of hydrogen-bond acceptors (Lipinski definition) is 4. The van der Waals surface area contributed by atoms with Crippen LogP contribution in [0.25, 0.3) is 0 Å². The van der Waals surface area contributed by atoms with Gasteiger partial charge in [-0.25, -0.2) is 4.79 Å². The fraction of sp³-hybridized carbons (Fsp3) is 0.524. The highest BCUT2D eigenvalue weighted by molar-refractivity contribution is 6.08. The Morgan fingerprint density at radius 1 is 1.10 bits per heavy atom. The second-order valence-corrected chi connectivity index (χ2v) is 8.17. The predicted molar refractivity (Wildman–Crippen MR) is 104 cm³/mol. The Morgan fingerprint density at radius 3 is 2.55 bits per heavy atom. The van der Waals surface area contributed by atoms with E-state index in [9.17, 15) is 19.2 Å². The first-order valence-corrected chi connectivity index (χ1v) is 10.3. The van der Waals surface area contributed by atoms with E-state index in [1.807, 2.05) is 30.3 Å². The Labute approximate surface area is 169 Å². The number of hydrogen-bond donors (Lipinski definition) is 2. The summed E-state index contributed by atoms with van der Waals surface area (Å²) in [5.41, 5.74) is 2.71. The normalized spacial score (nSPS) is 23.6. The number of urea groups is 1. The lowest BCUT2D eigenvalue weighted by atomic mass is 9.82. The van der Waals surface area contributed by atoms with Gasteiger partial charge in [0.25, 0.3) is 5.91 Å². The van der Waals surface area contributed by atoms with E-state index in [0.29, 0.717) is 25.9 Å². The summed E-state index contributed by atoms with van der Waals surface area (Å²) in [7, 11) is 0. The van der Waals surface area contributed by atoms with Crippen LogP contribution in [0.2, 0.25) is 0 Å². The number of carbonyl (C=O) groups excluding carboxylic acids is 4. The minimum absolute atomic E-state index is 0.0815. The van der Waals surface area contributed by atoms with Gasteiger partial charge in [-0.15, -0.1) is 0 Å². The van der Waals surface area contributed by atoms with Gasteiger partial charge in [0.1, 0.15) is 5.54 Å². The minimum atomic E-state index is -0.879. The monoisotopic (exact) mass is 398 g/mol. The van der Waals surface area contributed by atoms with Crippen LogP contribution in [0.4, 0.5) is 4.79 Å². The van der Waals surface area contributed by atoms with Gasteiger partial charge in [-0.2, -0.15) is 5.01 Å². The van der Waals surface area contributed by atoms with Crippen molar-refractivity contribution >= 4 is 23.8 Å². The highest BCUT2D eigenvalue weighted by Crippen LogP contribution is 2.33. The van der Waals surface area contributed by atoms with Gasteiger partial charge < -0.3 is 10.2 Å². The van der Waals surface area contributed by atoms with Crippen molar-refractivity contribution in [3.63, 3.8) is 0 Å². The quantitative estimate of drug-likeness (QED) is 0.732. The fourth-order valence-electron chi connectivity index (χ4n) is 4.49. The number of likely N-dealkylation sites (tertiary alicyclic amines) is 1. The average molecular weight is 398 g/mol. The zero-order valence-electron chi connectivity index (χ0n) is 16.4. The Hall–Kier alpha value is -2.90. The number of benzene rings is 1. The third kappa shape index (κ3) is 3.83. The van der Waals surface area contributed by atoms with Crippen LogP contribution in [0.1, 0.15) is 44.1 Å². The zero-order valence-corrected chi connectivity index (χ0v) is 16.4. The number of carbonyl (C=O) groups is 4. The van der Waals surface area contributed by atoms with E-state index in [1.54, 1.807) is 4.90 Å². The van der Waals surface area contributed by atoms with Crippen LogP contribution in [-0.2, 0) is 20.8 Å². The molecule has 1 saturated carbocycles. The van der Waals surface area contributed by atoms with Crippen molar-refractivity contribution in [2.45, 2.75) is 50.5 Å². The molecule has 1 aromatic rings. The van der Waals surface area contributed by atoms with Crippen molar-refractivity contribution < 1.29 is 19.2 Å². The van der Waals surface area contributed by atoms with Gasteiger partial charge in [-0.05, 0) is 24.8 Å². The SMILES string of the molecule is O=C(NN1C(=O)NC2(CCCCC2)C1=O)[C@H]1CC(=O)N(CCc2ccccc2)C1. The van der Waals surface area contributed by atoms with Crippen LogP contribution in [-0.4, -0.2) is 52.3 Å². The first kappa shape index (κ1) is 19.4. The maximum Gasteiger partial charge on any atom is 0.344 e. The molecular formula is C21H26N4O4. The van der Waals surface area contributed by atoms with Gasteiger partial charge in [0, 0.05) is 19.5 Å².